The summed E-state index contributed by atoms with van der Waals surface area (Å²) >= 11 is 0. The van der Waals surface area contributed by atoms with Crippen LogP contribution < -0.4 is 4.74 Å². The van der Waals surface area contributed by atoms with Gasteiger partial charge >= 0.3 is 0 Å². The Kier molecular flexibility index (Phi) is 3.67. The van der Waals surface area contributed by atoms with Gasteiger partial charge < -0.3 is 9.84 Å². The van der Waals surface area contributed by atoms with Crippen molar-refractivity contribution >= 4 is 0 Å². The molecule has 0 spiro atoms. The van der Waals surface area contributed by atoms with E-state index in [0.29, 0.717) is 6.61 Å². The monoisotopic (exact) mass is 246 g/mol. The van der Waals surface area contributed by atoms with Crippen LogP contribution in [0.25, 0.3) is 0 Å². The first-order valence-corrected chi connectivity index (χ1v) is 5.96. The number of aryl methyl sites for hydroxylation is 2. The van der Waals surface area contributed by atoms with Crippen molar-refractivity contribution in [1.29, 1.82) is 0 Å². The maximum Gasteiger partial charge on any atom is 0.130 e. The topological polar surface area (TPSA) is 47.3 Å². The van der Waals surface area contributed by atoms with Gasteiger partial charge in [-0.3, -0.25) is 4.68 Å². The molecule has 18 heavy (non-hydrogen) atoms. The van der Waals surface area contributed by atoms with Gasteiger partial charge in [-0.05, 0) is 37.6 Å². The van der Waals surface area contributed by atoms with Crippen molar-refractivity contribution < 1.29 is 9.84 Å². The Balaban J connectivity index is 2.00. The second-order valence-corrected chi connectivity index (χ2v) is 4.43. The lowest BCUT2D eigenvalue weighted by Gasteiger charge is -2.08. The Hall–Kier alpha value is -1.81. The summed E-state index contributed by atoms with van der Waals surface area (Å²) in [6, 6.07) is 9.48. The van der Waals surface area contributed by atoms with Gasteiger partial charge in [0.05, 0.1) is 17.5 Å². The van der Waals surface area contributed by atoms with Crippen LogP contribution >= 0.6 is 0 Å². The molecule has 0 aliphatic heterocycles. The Bertz CT molecular complexity index is 515. The van der Waals surface area contributed by atoms with Gasteiger partial charge in [0, 0.05) is 7.05 Å². The number of aromatic nitrogens is 2. The van der Waals surface area contributed by atoms with Crippen molar-refractivity contribution in [2.75, 3.05) is 0 Å². The molecular formula is C14H18N2O2. The van der Waals surface area contributed by atoms with Crippen molar-refractivity contribution in [3.8, 4) is 5.75 Å². The van der Waals surface area contributed by atoms with Crippen molar-refractivity contribution in [1.82, 2.24) is 9.78 Å². The molecule has 0 amide bonds. The lowest BCUT2D eigenvalue weighted by molar-refractivity contribution is 0.199. The van der Waals surface area contributed by atoms with Crippen LogP contribution in [0, 0.1) is 6.92 Å². The van der Waals surface area contributed by atoms with Gasteiger partial charge in [0.25, 0.3) is 0 Å². The largest absolute Gasteiger partial charge is 0.487 e. The van der Waals surface area contributed by atoms with Crippen LogP contribution in [0.3, 0.4) is 0 Å². The second kappa shape index (κ2) is 5.23. The van der Waals surface area contributed by atoms with E-state index in [1.807, 2.05) is 49.0 Å². The molecule has 0 fully saturated rings. The molecule has 96 valence electrons. The predicted molar refractivity (Wildman–Crippen MR) is 69.4 cm³/mol. The van der Waals surface area contributed by atoms with E-state index in [9.17, 15) is 5.11 Å². The van der Waals surface area contributed by atoms with Crippen LogP contribution in [0.2, 0.25) is 0 Å². The number of aliphatic hydroxyl groups excluding tert-OH is 1. The Morgan fingerprint density at radius 2 is 2.00 bits per heavy atom. The fourth-order valence-corrected chi connectivity index (χ4v) is 1.80. The molecule has 1 atom stereocenters. The highest BCUT2D eigenvalue weighted by atomic mass is 16.5. The van der Waals surface area contributed by atoms with Gasteiger partial charge in [-0.15, -0.1) is 0 Å². The zero-order chi connectivity index (χ0) is 13.1. The van der Waals surface area contributed by atoms with E-state index < -0.39 is 6.10 Å². The Labute approximate surface area is 107 Å². The van der Waals surface area contributed by atoms with E-state index in [4.69, 9.17) is 4.74 Å². The van der Waals surface area contributed by atoms with Gasteiger partial charge in [-0.2, -0.15) is 5.10 Å². The fourth-order valence-electron chi connectivity index (χ4n) is 1.80. The van der Waals surface area contributed by atoms with E-state index in [0.717, 1.165) is 22.7 Å². The summed E-state index contributed by atoms with van der Waals surface area (Å²) in [5, 5.41) is 13.7. The highest BCUT2D eigenvalue weighted by Crippen LogP contribution is 2.18. The third-order valence-electron chi connectivity index (χ3n) is 2.85. The average Bonchev–Trinajstić information content (AvgIpc) is 2.66. The van der Waals surface area contributed by atoms with Crippen LogP contribution in [0.5, 0.6) is 5.75 Å². The molecule has 0 radical (unpaired) electrons. The molecule has 0 saturated heterocycles. The molecule has 1 heterocycles. The Morgan fingerprint density at radius 1 is 1.33 bits per heavy atom. The standard InChI is InChI=1S/C14H18N2O2/c1-10-8-13(16(3)15-10)9-18-14-6-4-12(5-7-14)11(2)17/h4-8,11,17H,9H2,1-3H3. The fraction of sp³-hybridized carbons (Fsp3) is 0.357. The van der Waals surface area contributed by atoms with Gasteiger partial charge in [0.1, 0.15) is 12.4 Å². The van der Waals surface area contributed by atoms with Crippen molar-refractivity contribution in [2.45, 2.75) is 26.6 Å². The molecule has 1 aromatic carbocycles. The first-order valence-electron chi connectivity index (χ1n) is 5.96. The van der Waals surface area contributed by atoms with Gasteiger partial charge in [0.15, 0.2) is 0 Å². The minimum Gasteiger partial charge on any atom is -0.487 e. The summed E-state index contributed by atoms with van der Waals surface area (Å²) in [4.78, 5) is 0. The summed E-state index contributed by atoms with van der Waals surface area (Å²) < 4.78 is 7.50. The number of aliphatic hydroxyl groups is 1. The minimum absolute atomic E-state index is 0.446. The molecule has 4 heteroatoms. The third kappa shape index (κ3) is 2.90. The quantitative estimate of drug-likeness (QED) is 0.900. The first kappa shape index (κ1) is 12.6. The molecule has 0 aliphatic carbocycles. The van der Waals surface area contributed by atoms with Crippen molar-refractivity contribution in [3.63, 3.8) is 0 Å². The predicted octanol–water partition coefficient (Wildman–Crippen LogP) is 2.36. The van der Waals surface area contributed by atoms with Crippen molar-refractivity contribution in [2.24, 2.45) is 7.05 Å². The zero-order valence-corrected chi connectivity index (χ0v) is 10.9. The van der Waals surface area contributed by atoms with Gasteiger partial charge in [-0.25, -0.2) is 0 Å². The SMILES string of the molecule is Cc1cc(COc2ccc(C(C)O)cc2)n(C)n1. The van der Waals surface area contributed by atoms with Gasteiger partial charge in [-0.1, -0.05) is 12.1 Å². The van der Waals surface area contributed by atoms with E-state index in [1.54, 1.807) is 6.92 Å². The minimum atomic E-state index is -0.446. The summed E-state index contributed by atoms with van der Waals surface area (Å²) in [6.45, 7) is 4.20. The number of rotatable bonds is 4. The summed E-state index contributed by atoms with van der Waals surface area (Å²) in [5.74, 6) is 0.790. The van der Waals surface area contributed by atoms with Crippen molar-refractivity contribution in [3.05, 3.63) is 47.3 Å². The van der Waals surface area contributed by atoms with Gasteiger partial charge in [0.2, 0.25) is 0 Å². The molecule has 0 saturated carbocycles. The highest BCUT2D eigenvalue weighted by Gasteiger charge is 2.04. The summed E-state index contributed by atoms with van der Waals surface area (Å²) in [7, 11) is 1.90. The number of ether oxygens (including phenoxy) is 1. The molecule has 4 nitrogen and oxygen atoms in total. The maximum atomic E-state index is 9.41. The van der Waals surface area contributed by atoms with Crippen LogP contribution in [0.15, 0.2) is 30.3 Å². The maximum absolute atomic E-state index is 9.41. The molecule has 0 aliphatic rings. The van der Waals surface area contributed by atoms with E-state index in [-0.39, 0.29) is 0 Å². The van der Waals surface area contributed by atoms with E-state index in [1.165, 1.54) is 0 Å². The molecule has 2 aromatic rings. The van der Waals surface area contributed by atoms with E-state index >= 15 is 0 Å². The number of hydrogen-bond acceptors (Lipinski definition) is 3. The third-order valence-corrected chi connectivity index (χ3v) is 2.85. The number of hydrogen-bond donors (Lipinski definition) is 1. The van der Waals surface area contributed by atoms with Crippen LogP contribution in [-0.4, -0.2) is 14.9 Å². The molecule has 0 bridgehead atoms. The van der Waals surface area contributed by atoms with E-state index in [2.05, 4.69) is 5.10 Å². The lowest BCUT2D eigenvalue weighted by Crippen LogP contribution is -2.03. The highest BCUT2D eigenvalue weighted by molar-refractivity contribution is 5.28. The van der Waals surface area contributed by atoms with Crippen LogP contribution in [0.1, 0.15) is 30.0 Å². The molecule has 1 aromatic heterocycles. The molecule has 1 N–H and O–H groups in total. The van der Waals surface area contributed by atoms with Crippen LogP contribution in [-0.2, 0) is 13.7 Å². The molecular weight excluding hydrogens is 228 g/mol. The number of nitrogens with zero attached hydrogens (tertiary/aromatic N) is 2. The molecule has 2 rings (SSSR count). The zero-order valence-electron chi connectivity index (χ0n) is 10.9. The van der Waals surface area contributed by atoms with Crippen LogP contribution in [0.4, 0.5) is 0 Å². The summed E-state index contributed by atoms with van der Waals surface area (Å²) in [5.41, 5.74) is 2.91. The molecule has 1 unspecified atom stereocenters. The summed E-state index contributed by atoms with van der Waals surface area (Å²) in [6.07, 6.45) is -0.446. The Morgan fingerprint density at radius 3 is 2.50 bits per heavy atom. The number of benzene rings is 1. The first-order chi connectivity index (χ1) is 8.56. The normalized spacial score (nSPS) is 12.4. The smallest absolute Gasteiger partial charge is 0.130 e. The average molecular weight is 246 g/mol. The lowest BCUT2D eigenvalue weighted by atomic mass is 10.1. The second-order valence-electron chi connectivity index (χ2n) is 4.43.